The van der Waals surface area contributed by atoms with Crippen LogP contribution in [-0.2, 0) is 6.61 Å². The lowest BCUT2D eigenvalue weighted by Gasteiger charge is -2.16. The lowest BCUT2D eigenvalue weighted by Crippen LogP contribution is -2.30. The molecule has 1 rings (SSSR count). The van der Waals surface area contributed by atoms with Crippen LogP contribution >= 0.6 is 0 Å². The van der Waals surface area contributed by atoms with Crippen LogP contribution in [-0.4, -0.2) is 24.3 Å². The Morgan fingerprint density at radius 2 is 1.94 bits per heavy atom. The molecule has 0 aromatic heterocycles. The van der Waals surface area contributed by atoms with Gasteiger partial charge in [-0.25, -0.2) is 0 Å². The summed E-state index contributed by atoms with van der Waals surface area (Å²) in [6.07, 6.45) is 0. The third kappa shape index (κ3) is 5.20. The summed E-state index contributed by atoms with van der Waals surface area (Å²) in [5.74, 6) is 1.23. The fourth-order valence-electron chi connectivity index (χ4n) is 1.50. The molecule has 0 radical (unpaired) electrons. The van der Waals surface area contributed by atoms with Gasteiger partial charge in [-0.3, -0.25) is 0 Å². The quantitative estimate of drug-likeness (QED) is 0.764. The van der Waals surface area contributed by atoms with Crippen molar-refractivity contribution in [2.75, 3.05) is 13.2 Å². The minimum Gasteiger partial charge on any atom is -0.493 e. The first kappa shape index (κ1) is 14.0. The number of rotatable bonds is 7. The van der Waals surface area contributed by atoms with Gasteiger partial charge in [-0.1, -0.05) is 39.0 Å². The van der Waals surface area contributed by atoms with Gasteiger partial charge in [0.2, 0.25) is 0 Å². The van der Waals surface area contributed by atoms with Crippen LogP contribution in [0.1, 0.15) is 26.3 Å². The molecule has 0 spiro atoms. The second-order valence-electron chi connectivity index (χ2n) is 4.74. The molecule has 2 N–H and O–H groups in total. The van der Waals surface area contributed by atoms with Crippen LogP contribution in [0.25, 0.3) is 0 Å². The molecular weight excluding hydrogens is 214 g/mol. The fourth-order valence-corrected chi connectivity index (χ4v) is 1.50. The average molecular weight is 237 g/mol. The number of para-hydroxylation sites is 1. The summed E-state index contributed by atoms with van der Waals surface area (Å²) in [6, 6.07) is 8.11. The molecule has 3 nitrogen and oxygen atoms in total. The highest BCUT2D eigenvalue weighted by molar-refractivity contribution is 5.32. The van der Waals surface area contributed by atoms with Crippen molar-refractivity contribution < 1.29 is 9.84 Å². The van der Waals surface area contributed by atoms with E-state index in [4.69, 9.17) is 9.84 Å². The molecule has 0 bridgehead atoms. The van der Waals surface area contributed by atoms with Gasteiger partial charge < -0.3 is 15.2 Å². The Kier molecular flexibility index (Phi) is 6.01. The van der Waals surface area contributed by atoms with E-state index in [1.165, 1.54) is 0 Å². The van der Waals surface area contributed by atoms with Crippen molar-refractivity contribution in [3.8, 4) is 5.75 Å². The van der Waals surface area contributed by atoms with Gasteiger partial charge in [0.25, 0.3) is 0 Å². The highest BCUT2D eigenvalue weighted by atomic mass is 16.5. The maximum absolute atomic E-state index is 9.17. The van der Waals surface area contributed by atoms with Crippen LogP contribution in [0.15, 0.2) is 24.3 Å². The van der Waals surface area contributed by atoms with Gasteiger partial charge in [0.05, 0.1) is 13.2 Å². The maximum Gasteiger partial charge on any atom is 0.124 e. The number of benzene rings is 1. The van der Waals surface area contributed by atoms with Crippen LogP contribution in [0.5, 0.6) is 5.75 Å². The van der Waals surface area contributed by atoms with Crippen LogP contribution < -0.4 is 10.1 Å². The summed E-state index contributed by atoms with van der Waals surface area (Å²) in [5, 5.41) is 12.5. The van der Waals surface area contributed by atoms with Gasteiger partial charge in [-0.2, -0.15) is 0 Å². The third-order valence-electron chi connectivity index (χ3n) is 2.54. The molecule has 0 aliphatic heterocycles. The van der Waals surface area contributed by atoms with E-state index >= 15 is 0 Å². The standard InChI is InChI=1S/C14H23NO2/c1-11(2)15-8-12(3)10-17-14-7-5-4-6-13(14)9-16/h4-7,11-12,15-16H,8-10H2,1-3H3. The van der Waals surface area contributed by atoms with Crippen LogP contribution in [0.3, 0.4) is 0 Å². The third-order valence-corrected chi connectivity index (χ3v) is 2.54. The van der Waals surface area contributed by atoms with Crippen molar-refractivity contribution in [1.29, 1.82) is 0 Å². The maximum atomic E-state index is 9.17. The number of hydrogen-bond donors (Lipinski definition) is 2. The highest BCUT2D eigenvalue weighted by Gasteiger charge is 2.06. The average Bonchev–Trinajstić information content (AvgIpc) is 2.34. The summed E-state index contributed by atoms with van der Waals surface area (Å²) in [7, 11) is 0. The van der Waals surface area contributed by atoms with Gasteiger partial charge in [0.1, 0.15) is 5.75 Å². The molecule has 0 amide bonds. The molecule has 1 aromatic rings. The molecule has 1 aromatic carbocycles. The van der Waals surface area contributed by atoms with Gasteiger partial charge in [0.15, 0.2) is 0 Å². The molecule has 0 saturated heterocycles. The molecule has 0 saturated carbocycles. The Morgan fingerprint density at radius 1 is 1.24 bits per heavy atom. The van der Waals surface area contributed by atoms with Crippen molar-refractivity contribution in [2.45, 2.75) is 33.4 Å². The predicted molar refractivity (Wildman–Crippen MR) is 70.2 cm³/mol. The largest absolute Gasteiger partial charge is 0.493 e. The lowest BCUT2D eigenvalue weighted by molar-refractivity contribution is 0.235. The van der Waals surface area contributed by atoms with Gasteiger partial charge in [0, 0.05) is 24.1 Å². The number of nitrogens with one attached hydrogen (secondary N) is 1. The van der Waals surface area contributed by atoms with Crippen LogP contribution in [0.4, 0.5) is 0 Å². The Hall–Kier alpha value is -1.06. The zero-order chi connectivity index (χ0) is 12.7. The molecule has 0 aliphatic carbocycles. The number of aliphatic hydroxyl groups is 1. The zero-order valence-electron chi connectivity index (χ0n) is 10.9. The Balaban J connectivity index is 2.39. The van der Waals surface area contributed by atoms with Gasteiger partial charge >= 0.3 is 0 Å². The van der Waals surface area contributed by atoms with E-state index in [0.29, 0.717) is 18.6 Å². The second kappa shape index (κ2) is 7.30. The lowest BCUT2D eigenvalue weighted by atomic mass is 10.2. The summed E-state index contributed by atoms with van der Waals surface area (Å²) >= 11 is 0. The van der Waals surface area contributed by atoms with E-state index < -0.39 is 0 Å². The molecule has 1 atom stereocenters. The molecule has 17 heavy (non-hydrogen) atoms. The Bertz CT molecular complexity index is 326. The van der Waals surface area contributed by atoms with Crippen LogP contribution in [0, 0.1) is 5.92 Å². The zero-order valence-corrected chi connectivity index (χ0v) is 10.9. The summed E-state index contributed by atoms with van der Waals surface area (Å²) in [4.78, 5) is 0. The SMILES string of the molecule is CC(CNC(C)C)COc1ccccc1CO. The topological polar surface area (TPSA) is 41.5 Å². The molecule has 1 unspecified atom stereocenters. The first-order valence-electron chi connectivity index (χ1n) is 6.18. The summed E-state index contributed by atoms with van der Waals surface area (Å²) in [5.41, 5.74) is 0.844. The predicted octanol–water partition coefficient (Wildman–Crippen LogP) is 2.19. The molecule has 0 aliphatic rings. The smallest absolute Gasteiger partial charge is 0.124 e. The molecule has 0 fully saturated rings. The molecular formula is C14H23NO2. The van der Waals surface area contributed by atoms with Crippen molar-refractivity contribution >= 4 is 0 Å². The fraction of sp³-hybridized carbons (Fsp3) is 0.571. The van der Waals surface area contributed by atoms with Crippen molar-refractivity contribution in [2.24, 2.45) is 5.92 Å². The van der Waals surface area contributed by atoms with Crippen LogP contribution in [0.2, 0.25) is 0 Å². The molecule has 96 valence electrons. The Labute approximate surface area is 104 Å². The van der Waals surface area contributed by atoms with Crippen molar-refractivity contribution in [3.63, 3.8) is 0 Å². The van der Waals surface area contributed by atoms with Crippen molar-refractivity contribution in [1.82, 2.24) is 5.32 Å². The Morgan fingerprint density at radius 3 is 2.59 bits per heavy atom. The van der Waals surface area contributed by atoms with Crippen molar-refractivity contribution in [3.05, 3.63) is 29.8 Å². The first-order chi connectivity index (χ1) is 8.13. The number of aliphatic hydroxyl groups excluding tert-OH is 1. The molecule has 3 heteroatoms. The highest BCUT2D eigenvalue weighted by Crippen LogP contribution is 2.18. The minimum absolute atomic E-state index is 0.0226. The van der Waals surface area contributed by atoms with Gasteiger partial charge in [-0.05, 0) is 6.07 Å². The number of hydrogen-bond acceptors (Lipinski definition) is 3. The minimum atomic E-state index is 0.0226. The van der Waals surface area contributed by atoms with E-state index in [-0.39, 0.29) is 6.61 Å². The summed E-state index contributed by atoms with van der Waals surface area (Å²) < 4.78 is 5.72. The normalized spacial score (nSPS) is 12.8. The van der Waals surface area contributed by atoms with E-state index in [9.17, 15) is 0 Å². The second-order valence-corrected chi connectivity index (χ2v) is 4.74. The van der Waals surface area contributed by atoms with Gasteiger partial charge in [-0.15, -0.1) is 0 Å². The van der Waals surface area contributed by atoms with E-state index in [1.54, 1.807) is 0 Å². The molecule has 0 heterocycles. The van der Waals surface area contributed by atoms with E-state index in [0.717, 1.165) is 17.9 Å². The summed E-state index contributed by atoms with van der Waals surface area (Å²) in [6.45, 7) is 8.05. The van der Waals surface area contributed by atoms with E-state index in [1.807, 2.05) is 24.3 Å². The number of ether oxygens (including phenoxy) is 1. The first-order valence-corrected chi connectivity index (χ1v) is 6.18. The monoisotopic (exact) mass is 237 g/mol. The van der Waals surface area contributed by atoms with E-state index in [2.05, 4.69) is 26.1 Å².